The van der Waals surface area contributed by atoms with E-state index >= 15 is 0 Å². The summed E-state index contributed by atoms with van der Waals surface area (Å²) < 4.78 is 46.1. The second-order valence-electron chi connectivity index (χ2n) is 18.0. The van der Waals surface area contributed by atoms with E-state index in [0.29, 0.717) is 32.1 Å². The molecule has 0 bridgehead atoms. The lowest BCUT2D eigenvalue weighted by atomic mass is 9.72. The van der Waals surface area contributed by atoms with Gasteiger partial charge in [-0.3, -0.25) is 4.79 Å². The van der Waals surface area contributed by atoms with Crippen molar-refractivity contribution in [2.24, 2.45) is 17.8 Å². The van der Waals surface area contributed by atoms with Crippen molar-refractivity contribution in [2.75, 3.05) is 19.8 Å². The third kappa shape index (κ3) is 10.7. The van der Waals surface area contributed by atoms with E-state index in [0.717, 1.165) is 0 Å². The molecule has 9 unspecified atom stereocenters. The Balaban J connectivity index is 1.08. The molecule has 7 rings (SSSR count). The third-order valence-corrected chi connectivity index (χ3v) is 13.8. The first-order valence-corrected chi connectivity index (χ1v) is 21.6. The van der Waals surface area contributed by atoms with Crippen molar-refractivity contribution in [3.8, 4) is 0 Å². The molecule has 4 aliphatic heterocycles. The second kappa shape index (κ2) is 20.5. The van der Waals surface area contributed by atoms with Gasteiger partial charge >= 0.3 is 5.97 Å². The predicted octanol–water partition coefficient (Wildman–Crippen LogP) is -6.12. The zero-order valence-electron chi connectivity index (χ0n) is 33.7. The molecule has 61 heavy (non-hydrogen) atoms. The van der Waals surface area contributed by atoms with E-state index in [-0.39, 0.29) is 38.0 Å². The molecular formula is C39H65O22+. The molecule has 3 aliphatic carbocycles. The molecule has 22 heteroatoms. The fourth-order valence-corrected chi connectivity index (χ4v) is 10.0. The highest BCUT2D eigenvalue weighted by Crippen LogP contribution is 2.43. The molecule has 3 saturated carbocycles. The van der Waals surface area contributed by atoms with Gasteiger partial charge in [0.1, 0.15) is 79.9 Å². The van der Waals surface area contributed by atoms with Crippen LogP contribution in [-0.4, -0.2) is 232 Å². The Morgan fingerprint density at radius 1 is 0.557 bits per heavy atom. The normalized spacial score (nSPS) is 52.2. The molecule has 7 aliphatic rings. The summed E-state index contributed by atoms with van der Waals surface area (Å²) in [5.74, 6) is -1.87. The molecule has 0 radical (unpaired) electrons. The molecule has 0 aromatic rings. The number of fused-ring (bicyclic) bond motifs is 1. The number of aliphatic hydroxyl groups is 15. The highest BCUT2D eigenvalue weighted by molar-refractivity contribution is 5.72. The van der Waals surface area contributed by atoms with E-state index in [4.69, 9.17) is 37.9 Å². The zero-order chi connectivity index (χ0) is 43.9. The van der Waals surface area contributed by atoms with Gasteiger partial charge in [-0.05, 0) is 51.4 Å². The number of esters is 1. The van der Waals surface area contributed by atoms with Crippen LogP contribution in [0.4, 0.5) is 0 Å². The fraction of sp³-hybridized carbons (Fsp3) is 0.974. The van der Waals surface area contributed by atoms with Gasteiger partial charge in [0.2, 0.25) is 0 Å². The van der Waals surface area contributed by atoms with Gasteiger partial charge < -0.3 is 104 Å². The number of ether oxygens (including phenoxy) is 8. The highest BCUT2D eigenvalue weighted by atomic mass is 16.8. The summed E-state index contributed by atoms with van der Waals surface area (Å²) >= 11 is 0. The molecule has 0 aromatic heterocycles. The van der Waals surface area contributed by atoms with Gasteiger partial charge in [-0.15, -0.1) is 0 Å². The number of rotatable bonds is 11. The summed E-state index contributed by atoms with van der Waals surface area (Å²) in [5.41, 5.74) is 0. The molecule has 7 fully saturated rings. The van der Waals surface area contributed by atoms with Gasteiger partial charge in [0.05, 0.1) is 55.6 Å². The van der Waals surface area contributed by atoms with Gasteiger partial charge in [-0.1, -0.05) is 0 Å². The highest BCUT2D eigenvalue weighted by Gasteiger charge is 2.56. The largest absolute Gasteiger partial charge is 0.463 e. The summed E-state index contributed by atoms with van der Waals surface area (Å²) in [6.07, 6.45) is -26.8. The lowest BCUT2D eigenvalue weighted by Crippen LogP contribution is -2.65. The average Bonchev–Trinajstić information content (AvgIpc) is 3.23. The van der Waals surface area contributed by atoms with Crippen molar-refractivity contribution < 1.29 is 109 Å². The SMILES string of the molecule is O=C(OC[C@H]1O[C@@H](OC[C@@H]2O[C@H](OC3CC4C(O)CC(O)CC4[OH+]C3C3CCC(O)C(O)C3)[C@@H](O[C@@H]3OC[C@@H](O)[C@H](O)[C@H]3O)[C@H](O)[C@@H]2O)[C@H](O)[C@@H](O)[C@@H]1O)C1CCC(O)CC1. The van der Waals surface area contributed by atoms with E-state index < -0.39 is 172 Å². The molecule has 0 aromatic carbocycles. The monoisotopic (exact) mass is 885 g/mol. The second-order valence-corrected chi connectivity index (χ2v) is 18.0. The number of hydrogen-bond acceptors (Lipinski definition) is 21. The maximum Gasteiger partial charge on any atom is 0.309 e. The topological polar surface area (TPSA) is 357 Å². The van der Waals surface area contributed by atoms with Gasteiger partial charge in [-0.2, -0.15) is 0 Å². The van der Waals surface area contributed by atoms with Crippen LogP contribution in [0.3, 0.4) is 0 Å². The molecule has 0 spiro atoms. The number of carbonyl (C=O) groups excluding carboxylic acids is 1. The van der Waals surface area contributed by atoms with Crippen LogP contribution in [0.5, 0.6) is 0 Å². The van der Waals surface area contributed by atoms with Crippen molar-refractivity contribution in [1.82, 2.24) is 0 Å². The van der Waals surface area contributed by atoms with Crippen LogP contribution in [-0.2, 0) is 38.0 Å². The third-order valence-electron chi connectivity index (χ3n) is 13.8. The van der Waals surface area contributed by atoms with Crippen molar-refractivity contribution in [2.45, 2.75) is 199 Å². The smallest absolute Gasteiger partial charge is 0.309 e. The number of hydrogen-bond donors (Lipinski definition) is 13. The van der Waals surface area contributed by atoms with E-state index in [1.54, 1.807) is 0 Å². The van der Waals surface area contributed by atoms with E-state index in [1.165, 1.54) is 0 Å². The van der Waals surface area contributed by atoms with E-state index in [1.807, 2.05) is 0 Å². The zero-order valence-corrected chi connectivity index (χ0v) is 33.7. The van der Waals surface area contributed by atoms with Gasteiger partial charge in [0.15, 0.2) is 31.1 Å². The van der Waals surface area contributed by atoms with Crippen LogP contribution < -0.4 is 0 Å². The minimum atomic E-state index is -1.89. The Bertz CT molecular complexity index is 1410. The maximum atomic E-state index is 12.7. The molecule has 22 nitrogen and oxygen atoms in total. The van der Waals surface area contributed by atoms with Crippen LogP contribution in [0.2, 0.25) is 0 Å². The van der Waals surface area contributed by atoms with E-state index in [2.05, 4.69) is 0 Å². The quantitative estimate of drug-likeness (QED) is 0.0678. The molecule has 14 N–H and O–H groups in total. The Kier molecular flexibility index (Phi) is 16.0. The lowest BCUT2D eigenvalue weighted by molar-refractivity contribution is -0.385. The van der Waals surface area contributed by atoms with E-state index in [9.17, 15) is 71.2 Å². The summed E-state index contributed by atoms with van der Waals surface area (Å²) in [6.45, 7) is -1.62. The Morgan fingerprint density at radius 2 is 1.23 bits per heavy atom. The fourth-order valence-electron chi connectivity index (χ4n) is 10.0. The van der Waals surface area contributed by atoms with Gasteiger partial charge in [0.25, 0.3) is 0 Å². The summed E-state index contributed by atoms with van der Waals surface area (Å²) in [6, 6.07) is 0. The standard InChI is InChI=1S/C39H64O22/c40-16-4-1-14(2-5-16)36(53)54-12-25-28(47)30(49)33(52)37(59-25)56-13-26-29(48)31(50)35(61-38-32(51)27(46)22(45)11-55-38)39(60-26)58-24-10-18-20(43)8-17(41)9-23(18)57-34(24)15-3-6-19(42)21(44)7-15/h14-35,37-52H,1-13H2/p+1/t14?,15?,16?,17?,18?,19?,20?,21?,22-,23?,24?,25-,26+,27+,28-,29-,30+,31-,32-,33-,34?,35+,37-,38+,39+/m1/s1. The molecule has 4 heterocycles. The van der Waals surface area contributed by atoms with Crippen LogP contribution in [0, 0.1) is 17.8 Å². The summed E-state index contributed by atoms with van der Waals surface area (Å²) in [4.78, 5) is 12.7. The summed E-state index contributed by atoms with van der Waals surface area (Å²) in [7, 11) is 0. The Labute approximate surface area is 351 Å². The first-order valence-electron chi connectivity index (χ1n) is 21.6. The van der Waals surface area contributed by atoms with Crippen molar-refractivity contribution in [3.05, 3.63) is 0 Å². The lowest BCUT2D eigenvalue weighted by Gasteiger charge is -2.49. The van der Waals surface area contributed by atoms with Gasteiger partial charge in [-0.25, -0.2) is 0 Å². The number of aliphatic hydroxyl groups excluding tert-OH is 13. The van der Waals surface area contributed by atoms with Gasteiger partial charge in [0, 0.05) is 18.8 Å². The Morgan fingerprint density at radius 3 is 1.95 bits per heavy atom. The minimum absolute atomic E-state index is 0.0963. The molecule has 4 saturated heterocycles. The van der Waals surface area contributed by atoms with Crippen LogP contribution >= 0.6 is 0 Å². The van der Waals surface area contributed by atoms with Crippen LogP contribution in [0.15, 0.2) is 0 Å². The number of carbonyl (C=O) groups is 1. The maximum absolute atomic E-state index is 12.7. The predicted molar refractivity (Wildman–Crippen MR) is 198 cm³/mol. The van der Waals surface area contributed by atoms with Crippen molar-refractivity contribution in [3.63, 3.8) is 0 Å². The van der Waals surface area contributed by atoms with Crippen molar-refractivity contribution >= 4 is 5.97 Å². The van der Waals surface area contributed by atoms with Crippen LogP contribution in [0.1, 0.15) is 64.2 Å². The Hall–Kier alpha value is -1.33. The summed E-state index contributed by atoms with van der Waals surface area (Å²) in [5, 5.41) is 139. The molecule has 352 valence electrons. The first kappa shape index (κ1) is 47.6. The van der Waals surface area contributed by atoms with Crippen molar-refractivity contribution in [1.29, 1.82) is 0 Å². The first-order chi connectivity index (χ1) is 29.0. The minimum Gasteiger partial charge on any atom is -0.463 e. The average molecular weight is 886 g/mol. The van der Waals surface area contributed by atoms with Crippen LogP contribution in [0.25, 0.3) is 0 Å². The molecule has 23 atom stereocenters. The molecular weight excluding hydrogens is 820 g/mol. The molecule has 0 amide bonds.